The van der Waals surface area contributed by atoms with E-state index >= 15 is 0 Å². The number of rotatable bonds is 4. The van der Waals surface area contributed by atoms with E-state index in [4.69, 9.17) is 10.9 Å². The number of thiophene rings is 1. The van der Waals surface area contributed by atoms with E-state index in [0.717, 1.165) is 24.1 Å². The molecule has 6 heteroatoms. The standard InChI is InChI=1S/C15H23N3O2S/c1-10-6-7-12(21-10)11(2)17-14(19)15(13(16)18-20)8-4-3-5-9-15/h6-7,11,20H,3-5,8-9H2,1-2H3,(H2,16,18)(H,17,19). The second-order valence-corrected chi connectivity index (χ2v) is 7.09. The maximum absolute atomic E-state index is 12.7. The van der Waals surface area contributed by atoms with E-state index in [0.29, 0.717) is 12.8 Å². The molecule has 1 atom stereocenters. The summed E-state index contributed by atoms with van der Waals surface area (Å²) in [4.78, 5) is 15.1. The number of amidine groups is 1. The van der Waals surface area contributed by atoms with Gasteiger partial charge in [0.25, 0.3) is 0 Å². The number of carbonyl (C=O) groups excluding carboxylic acids is 1. The Morgan fingerprint density at radius 1 is 1.43 bits per heavy atom. The molecule has 1 aromatic rings. The zero-order chi connectivity index (χ0) is 15.5. The fraction of sp³-hybridized carbons (Fsp3) is 0.600. The third-order valence-electron chi connectivity index (χ3n) is 4.28. The Labute approximate surface area is 129 Å². The summed E-state index contributed by atoms with van der Waals surface area (Å²) < 4.78 is 0. The van der Waals surface area contributed by atoms with Crippen molar-refractivity contribution in [2.24, 2.45) is 16.3 Å². The fourth-order valence-corrected chi connectivity index (χ4v) is 3.82. The van der Waals surface area contributed by atoms with Crippen LogP contribution in [0.4, 0.5) is 0 Å². The summed E-state index contributed by atoms with van der Waals surface area (Å²) in [5.41, 5.74) is 4.99. The molecule has 1 aliphatic carbocycles. The van der Waals surface area contributed by atoms with E-state index in [2.05, 4.69) is 10.5 Å². The van der Waals surface area contributed by atoms with E-state index in [1.807, 2.05) is 26.0 Å². The molecule has 0 radical (unpaired) electrons. The molecule has 0 saturated heterocycles. The molecule has 1 aliphatic rings. The number of nitrogens with zero attached hydrogens (tertiary/aromatic N) is 1. The second-order valence-electron chi connectivity index (χ2n) is 5.77. The molecule has 0 aromatic carbocycles. The number of hydrogen-bond acceptors (Lipinski definition) is 4. The summed E-state index contributed by atoms with van der Waals surface area (Å²) in [5.74, 6) is -0.0923. The first-order valence-corrected chi connectivity index (χ1v) is 8.16. The smallest absolute Gasteiger partial charge is 0.234 e. The molecular formula is C15H23N3O2S. The third kappa shape index (κ3) is 3.20. The third-order valence-corrected chi connectivity index (χ3v) is 5.46. The molecule has 2 rings (SSSR count). The first-order chi connectivity index (χ1) is 9.99. The maximum Gasteiger partial charge on any atom is 0.234 e. The Hall–Kier alpha value is -1.56. The van der Waals surface area contributed by atoms with Gasteiger partial charge in [0.05, 0.1) is 6.04 Å². The topological polar surface area (TPSA) is 87.7 Å². The van der Waals surface area contributed by atoms with Gasteiger partial charge >= 0.3 is 0 Å². The molecule has 0 bridgehead atoms. The van der Waals surface area contributed by atoms with Crippen molar-refractivity contribution in [3.8, 4) is 0 Å². The van der Waals surface area contributed by atoms with E-state index in [9.17, 15) is 4.79 Å². The van der Waals surface area contributed by atoms with Gasteiger partial charge in [-0.25, -0.2) is 0 Å². The minimum Gasteiger partial charge on any atom is -0.409 e. The average molecular weight is 309 g/mol. The predicted octanol–water partition coefficient (Wildman–Crippen LogP) is 2.93. The maximum atomic E-state index is 12.7. The van der Waals surface area contributed by atoms with Crippen molar-refractivity contribution in [3.63, 3.8) is 0 Å². The molecule has 1 saturated carbocycles. The molecular weight excluding hydrogens is 286 g/mol. The normalized spacial score (nSPS) is 20.0. The van der Waals surface area contributed by atoms with Crippen molar-refractivity contribution < 1.29 is 10.0 Å². The van der Waals surface area contributed by atoms with Crippen LogP contribution in [0, 0.1) is 12.3 Å². The lowest BCUT2D eigenvalue weighted by molar-refractivity contribution is -0.129. The largest absolute Gasteiger partial charge is 0.409 e. The summed E-state index contributed by atoms with van der Waals surface area (Å²) in [5, 5.41) is 15.2. The van der Waals surface area contributed by atoms with Crippen LogP contribution in [0.15, 0.2) is 17.3 Å². The number of carbonyl (C=O) groups is 1. The first-order valence-electron chi connectivity index (χ1n) is 7.35. The zero-order valence-electron chi connectivity index (χ0n) is 12.6. The molecule has 1 unspecified atom stereocenters. The SMILES string of the molecule is Cc1ccc(C(C)NC(=O)C2(C(N)=NO)CCCCC2)s1. The van der Waals surface area contributed by atoms with Gasteiger partial charge in [0.15, 0.2) is 5.84 Å². The molecule has 0 aliphatic heterocycles. The number of aryl methyl sites for hydroxylation is 1. The highest BCUT2D eigenvalue weighted by Crippen LogP contribution is 2.37. The fourth-order valence-electron chi connectivity index (χ4n) is 2.94. The van der Waals surface area contributed by atoms with E-state index in [-0.39, 0.29) is 17.8 Å². The lowest BCUT2D eigenvalue weighted by atomic mass is 9.72. The Bertz CT molecular complexity index is 533. The first kappa shape index (κ1) is 15.8. The number of hydrogen-bond donors (Lipinski definition) is 3. The van der Waals surface area contributed by atoms with Crippen LogP contribution in [-0.4, -0.2) is 17.0 Å². The quantitative estimate of drug-likeness (QED) is 0.346. The van der Waals surface area contributed by atoms with Crippen molar-refractivity contribution in [3.05, 3.63) is 21.9 Å². The Morgan fingerprint density at radius 2 is 2.10 bits per heavy atom. The van der Waals surface area contributed by atoms with Crippen LogP contribution >= 0.6 is 11.3 Å². The van der Waals surface area contributed by atoms with E-state index < -0.39 is 5.41 Å². The van der Waals surface area contributed by atoms with Gasteiger partial charge in [-0.15, -0.1) is 11.3 Å². The van der Waals surface area contributed by atoms with Crippen LogP contribution in [0.3, 0.4) is 0 Å². The van der Waals surface area contributed by atoms with Crippen molar-refractivity contribution in [2.75, 3.05) is 0 Å². The summed E-state index contributed by atoms with van der Waals surface area (Å²) >= 11 is 1.67. The molecule has 116 valence electrons. The summed E-state index contributed by atoms with van der Waals surface area (Å²) in [7, 11) is 0. The van der Waals surface area contributed by atoms with Crippen molar-refractivity contribution in [1.29, 1.82) is 0 Å². The molecule has 1 heterocycles. The number of oxime groups is 1. The molecule has 4 N–H and O–H groups in total. The van der Waals surface area contributed by atoms with Crippen LogP contribution in [0.1, 0.15) is 54.8 Å². The highest BCUT2D eigenvalue weighted by Gasteiger charge is 2.44. The summed E-state index contributed by atoms with van der Waals surface area (Å²) in [6, 6.07) is 4.01. The van der Waals surface area contributed by atoms with Crippen molar-refractivity contribution in [2.45, 2.75) is 52.0 Å². The van der Waals surface area contributed by atoms with Crippen LogP contribution in [0.2, 0.25) is 0 Å². The van der Waals surface area contributed by atoms with Crippen molar-refractivity contribution in [1.82, 2.24) is 5.32 Å². The second kappa shape index (κ2) is 6.47. The number of nitrogens with two attached hydrogens (primary N) is 1. The Morgan fingerprint density at radius 3 is 2.62 bits per heavy atom. The van der Waals surface area contributed by atoms with Crippen LogP contribution in [0.25, 0.3) is 0 Å². The molecule has 1 fully saturated rings. The van der Waals surface area contributed by atoms with Gasteiger partial charge in [-0.05, 0) is 38.8 Å². The molecule has 21 heavy (non-hydrogen) atoms. The molecule has 0 spiro atoms. The van der Waals surface area contributed by atoms with Gasteiger partial charge in [-0.3, -0.25) is 4.79 Å². The van der Waals surface area contributed by atoms with Gasteiger partial charge < -0.3 is 16.3 Å². The highest BCUT2D eigenvalue weighted by molar-refractivity contribution is 7.12. The summed E-state index contributed by atoms with van der Waals surface area (Å²) in [6.45, 7) is 4.01. The van der Waals surface area contributed by atoms with Gasteiger partial charge in [0.2, 0.25) is 5.91 Å². The van der Waals surface area contributed by atoms with Crippen molar-refractivity contribution >= 4 is 23.1 Å². The summed E-state index contributed by atoms with van der Waals surface area (Å²) in [6.07, 6.45) is 4.23. The van der Waals surface area contributed by atoms with E-state index in [1.54, 1.807) is 11.3 Å². The van der Waals surface area contributed by atoms with E-state index in [1.165, 1.54) is 4.88 Å². The lowest BCUT2D eigenvalue weighted by Gasteiger charge is -2.35. The number of amides is 1. The van der Waals surface area contributed by atoms with Gasteiger partial charge in [0, 0.05) is 9.75 Å². The van der Waals surface area contributed by atoms with Crippen LogP contribution in [0.5, 0.6) is 0 Å². The zero-order valence-corrected chi connectivity index (χ0v) is 13.4. The molecule has 5 nitrogen and oxygen atoms in total. The van der Waals surface area contributed by atoms with Crippen LogP contribution in [-0.2, 0) is 4.79 Å². The highest BCUT2D eigenvalue weighted by atomic mass is 32.1. The molecule has 1 amide bonds. The minimum absolute atomic E-state index is 0.0364. The van der Waals surface area contributed by atoms with Gasteiger partial charge in [-0.2, -0.15) is 0 Å². The minimum atomic E-state index is -0.854. The lowest BCUT2D eigenvalue weighted by Crippen LogP contribution is -2.51. The monoisotopic (exact) mass is 309 g/mol. The Balaban J connectivity index is 2.15. The average Bonchev–Trinajstić information content (AvgIpc) is 2.93. The Kier molecular flexibility index (Phi) is 4.88. The number of nitrogens with one attached hydrogen (secondary N) is 1. The predicted molar refractivity (Wildman–Crippen MR) is 84.5 cm³/mol. The van der Waals surface area contributed by atoms with Gasteiger partial charge in [-0.1, -0.05) is 24.4 Å². The van der Waals surface area contributed by atoms with Crippen LogP contribution < -0.4 is 11.1 Å². The van der Waals surface area contributed by atoms with Gasteiger partial charge in [0.1, 0.15) is 5.41 Å². The molecule has 1 aromatic heterocycles.